The lowest BCUT2D eigenvalue weighted by Gasteiger charge is -2.28. The Bertz CT molecular complexity index is 995. The molecular formula is C25H24N2O3. The molecule has 2 amide bonds. The first-order valence-corrected chi connectivity index (χ1v) is 10.1. The van der Waals surface area contributed by atoms with E-state index in [4.69, 9.17) is 4.74 Å². The predicted molar refractivity (Wildman–Crippen MR) is 118 cm³/mol. The van der Waals surface area contributed by atoms with Crippen LogP contribution in [0.5, 0.6) is 5.75 Å². The number of fused-ring (bicyclic) bond motifs is 1. The van der Waals surface area contributed by atoms with E-state index in [0.29, 0.717) is 30.1 Å². The summed E-state index contributed by atoms with van der Waals surface area (Å²) in [7, 11) is 0. The van der Waals surface area contributed by atoms with Crippen LogP contribution in [-0.4, -0.2) is 25.0 Å². The summed E-state index contributed by atoms with van der Waals surface area (Å²) in [6.45, 7) is 2.52. The van der Waals surface area contributed by atoms with Gasteiger partial charge in [0.2, 0.25) is 5.91 Å². The average molecular weight is 400 g/mol. The highest BCUT2D eigenvalue weighted by atomic mass is 16.5. The molecule has 0 saturated carbocycles. The van der Waals surface area contributed by atoms with Gasteiger partial charge in [0.05, 0.1) is 5.69 Å². The summed E-state index contributed by atoms with van der Waals surface area (Å²) >= 11 is 0. The van der Waals surface area contributed by atoms with Crippen LogP contribution in [0, 0.1) is 0 Å². The first kappa shape index (κ1) is 19.7. The number of rotatable bonds is 6. The van der Waals surface area contributed by atoms with E-state index in [2.05, 4.69) is 5.32 Å². The minimum absolute atomic E-state index is 0.0397. The van der Waals surface area contributed by atoms with E-state index in [-0.39, 0.29) is 24.3 Å². The maximum Gasteiger partial charge on any atom is 0.265 e. The number of amides is 2. The number of carbonyl (C=O) groups excluding carboxylic acids is 2. The maximum absolute atomic E-state index is 12.9. The molecule has 4 rings (SSSR count). The van der Waals surface area contributed by atoms with Crippen molar-refractivity contribution in [3.8, 4) is 5.75 Å². The zero-order valence-electron chi connectivity index (χ0n) is 16.9. The number of anilines is 2. The summed E-state index contributed by atoms with van der Waals surface area (Å²) in [6.07, 6.45) is 0.317. The van der Waals surface area contributed by atoms with Crippen LogP contribution in [-0.2, 0) is 9.59 Å². The van der Waals surface area contributed by atoms with Gasteiger partial charge in [-0.25, -0.2) is 0 Å². The Morgan fingerprint density at radius 1 is 1.00 bits per heavy atom. The van der Waals surface area contributed by atoms with Gasteiger partial charge in [0.25, 0.3) is 5.91 Å². The van der Waals surface area contributed by atoms with Crippen LogP contribution in [0.15, 0.2) is 78.9 Å². The monoisotopic (exact) mass is 400 g/mol. The van der Waals surface area contributed by atoms with Crippen molar-refractivity contribution in [2.75, 3.05) is 23.4 Å². The van der Waals surface area contributed by atoms with Gasteiger partial charge in [0, 0.05) is 24.6 Å². The Labute approximate surface area is 176 Å². The number of benzene rings is 3. The van der Waals surface area contributed by atoms with Gasteiger partial charge in [-0.05, 0) is 36.2 Å². The zero-order valence-corrected chi connectivity index (χ0v) is 16.9. The van der Waals surface area contributed by atoms with Crippen LogP contribution < -0.4 is 15.0 Å². The summed E-state index contributed by atoms with van der Waals surface area (Å²) in [5, 5.41) is 2.99. The highest BCUT2D eigenvalue weighted by molar-refractivity contribution is 5.99. The molecule has 30 heavy (non-hydrogen) atoms. The molecule has 1 N–H and O–H groups in total. The SMILES string of the molecule is CCN1C(=O)COc2ccc(NC(=O)CC(c3ccccc3)c3ccccc3)cc21. The number of hydrogen-bond donors (Lipinski definition) is 1. The maximum atomic E-state index is 12.9. The van der Waals surface area contributed by atoms with Crippen molar-refractivity contribution in [3.63, 3.8) is 0 Å². The van der Waals surface area contributed by atoms with Gasteiger partial charge in [-0.15, -0.1) is 0 Å². The molecule has 3 aromatic carbocycles. The van der Waals surface area contributed by atoms with Gasteiger partial charge < -0.3 is 15.0 Å². The molecule has 0 unspecified atom stereocenters. The van der Waals surface area contributed by atoms with E-state index >= 15 is 0 Å². The standard InChI is InChI=1S/C25H24N2O3/c1-2-27-22-15-20(13-14-23(22)30-17-25(27)29)26-24(28)16-21(18-9-5-3-6-10-18)19-11-7-4-8-12-19/h3-15,21H,2,16-17H2,1H3,(H,26,28). The van der Waals surface area contributed by atoms with E-state index in [0.717, 1.165) is 11.1 Å². The molecule has 1 heterocycles. The smallest absolute Gasteiger partial charge is 0.265 e. The van der Waals surface area contributed by atoms with E-state index in [1.165, 1.54) is 0 Å². The molecule has 0 saturated heterocycles. The molecule has 0 aliphatic carbocycles. The quantitative estimate of drug-likeness (QED) is 0.658. The highest BCUT2D eigenvalue weighted by Crippen LogP contribution is 2.35. The second-order valence-corrected chi connectivity index (χ2v) is 7.24. The number of hydrogen-bond acceptors (Lipinski definition) is 3. The Kier molecular flexibility index (Phi) is 5.80. The summed E-state index contributed by atoms with van der Waals surface area (Å²) in [5.74, 6) is 0.448. The number of ether oxygens (including phenoxy) is 1. The van der Waals surface area contributed by atoms with E-state index in [1.54, 1.807) is 23.1 Å². The molecule has 0 fully saturated rings. The van der Waals surface area contributed by atoms with Gasteiger partial charge in [-0.3, -0.25) is 9.59 Å². The van der Waals surface area contributed by atoms with Crippen molar-refractivity contribution in [1.82, 2.24) is 0 Å². The molecule has 0 aromatic heterocycles. The van der Waals surface area contributed by atoms with Crippen molar-refractivity contribution in [1.29, 1.82) is 0 Å². The lowest BCUT2D eigenvalue weighted by molar-refractivity contribution is -0.121. The Hall–Kier alpha value is -3.60. The van der Waals surface area contributed by atoms with Crippen LogP contribution in [0.3, 0.4) is 0 Å². The van der Waals surface area contributed by atoms with Crippen molar-refractivity contribution in [2.45, 2.75) is 19.3 Å². The normalized spacial score (nSPS) is 13.0. The van der Waals surface area contributed by atoms with Crippen LogP contribution in [0.1, 0.15) is 30.4 Å². The van der Waals surface area contributed by atoms with Crippen molar-refractivity contribution in [2.24, 2.45) is 0 Å². The summed E-state index contributed by atoms with van der Waals surface area (Å²) in [4.78, 5) is 26.7. The Balaban J connectivity index is 1.55. The fourth-order valence-corrected chi connectivity index (χ4v) is 3.82. The number of nitrogens with zero attached hydrogens (tertiary/aromatic N) is 1. The zero-order chi connectivity index (χ0) is 20.9. The van der Waals surface area contributed by atoms with Gasteiger partial charge in [0.1, 0.15) is 5.75 Å². The number of carbonyl (C=O) groups is 2. The minimum atomic E-state index is -0.0845. The second-order valence-electron chi connectivity index (χ2n) is 7.24. The fourth-order valence-electron chi connectivity index (χ4n) is 3.82. The lowest BCUT2D eigenvalue weighted by atomic mass is 9.88. The van der Waals surface area contributed by atoms with Crippen LogP contribution in [0.25, 0.3) is 0 Å². The van der Waals surface area contributed by atoms with Crippen LogP contribution in [0.4, 0.5) is 11.4 Å². The third-order valence-corrected chi connectivity index (χ3v) is 5.30. The molecule has 1 aliphatic rings. The van der Waals surface area contributed by atoms with Crippen molar-refractivity contribution in [3.05, 3.63) is 90.0 Å². The Morgan fingerprint density at radius 2 is 1.63 bits per heavy atom. The van der Waals surface area contributed by atoms with Crippen molar-refractivity contribution >= 4 is 23.2 Å². The van der Waals surface area contributed by atoms with Gasteiger partial charge in [-0.2, -0.15) is 0 Å². The molecular weight excluding hydrogens is 376 g/mol. The van der Waals surface area contributed by atoms with E-state index in [9.17, 15) is 9.59 Å². The third kappa shape index (κ3) is 4.20. The van der Waals surface area contributed by atoms with Crippen LogP contribution in [0.2, 0.25) is 0 Å². The molecule has 0 bridgehead atoms. The molecule has 1 aliphatic heterocycles. The lowest BCUT2D eigenvalue weighted by Crippen LogP contribution is -2.38. The van der Waals surface area contributed by atoms with E-state index in [1.807, 2.05) is 67.6 Å². The largest absolute Gasteiger partial charge is 0.482 e. The number of nitrogens with one attached hydrogen (secondary N) is 1. The molecule has 5 heteroatoms. The van der Waals surface area contributed by atoms with Crippen LogP contribution >= 0.6 is 0 Å². The van der Waals surface area contributed by atoms with Crippen molar-refractivity contribution < 1.29 is 14.3 Å². The minimum Gasteiger partial charge on any atom is -0.482 e. The predicted octanol–water partition coefficient (Wildman–Crippen LogP) is 4.59. The van der Waals surface area contributed by atoms with E-state index < -0.39 is 0 Å². The molecule has 0 radical (unpaired) electrons. The summed E-state index contributed by atoms with van der Waals surface area (Å²) in [6, 6.07) is 25.5. The molecule has 152 valence electrons. The molecule has 5 nitrogen and oxygen atoms in total. The first-order valence-electron chi connectivity index (χ1n) is 10.1. The van der Waals surface area contributed by atoms with Gasteiger partial charge in [0.15, 0.2) is 6.61 Å². The summed E-state index contributed by atoms with van der Waals surface area (Å²) in [5.41, 5.74) is 3.53. The van der Waals surface area contributed by atoms with Gasteiger partial charge >= 0.3 is 0 Å². The molecule has 0 spiro atoms. The molecule has 3 aromatic rings. The highest BCUT2D eigenvalue weighted by Gasteiger charge is 2.25. The fraction of sp³-hybridized carbons (Fsp3) is 0.200. The third-order valence-electron chi connectivity index (χ3n) is 5.30. The average Bonchev–Trinajstić information content (AvgIpc) is 2.78. The number of likely N-dealkylation sites (N-methyl/N-ethyl adjacent to an activating group) is 1. The second kappa shape index (κ2) is 8.82. The topological polar surface area (TPSA) is 58.6 Å². The summed E-state index contributed by atoms with van der Waals surface area (Å²) < 4.78 is 5.50. The van der Waals surface area contributed by atoms with Gasteiger partial charge in [-0.1, -0.05) is 60.7 Å². The Morgan fingerprint density at radius 3 is 2.23 bits per heavy atom. The first-order chi connectivity index (χ1) is 14.7. The molecule has 0 atom stereocenters.